The molecule has 1 amide bonds. The number of carbonyl (C=O) groups excluding carboxylic acids is 1. The van der Waals surface area contributed by atoms with E-state index >= 15 is 0 Å². The molecule has 0 fully saturated rings. The highest BCUT2D eigenvalue weighted by molar-refractivity contribution is 7.96. The van der Waals surface area contributed by atoms with E-state index in [9.17, 15) is 4.79 Å². The first kappa shape index (κ1) is 10.0. The van der Waals surface area contributed by atoms with E-state index in [0.717, 1.165) is 16.7 Å². The van der Waals surface area contributed by atoms with Gasteiger partial charge in [-0.05, 0) is 18.2 Å². The summed E-state index contributed by atoms with van der Waals surface area (Å²) in [4.78, 5) is 16.7. The molecule has 0 saturated heterocycles. The van der Waals surface area contributed by atoms with Crippen LogP contribution in [0.1, 0.15) is 0 Å². The van der Waals surface area contributed by atoms with E-state index in [2.05, 4.69) is 17.6 Å². The van der Waals surface area contributed by atoms with Crippen molar-refractivity contribution in [3.8, 4) is 0 Å². The van der Waals surface area contributed by atoms with Gasteiger partial charge in [0.25, 0.3) is 5.24 Å². The molecule has 0 N–H and O–H groups in total. The van der Waals surface area contributed by atoms with Gasteiger partial charge in [0.15, 0.2) is 0 Å². The van der Waals surface area contributed by atoms with Crippen molar-refractivity contribution < 1.29 is 4.79 Å². The van der Waals surface area contributed by atoms with E-state index in [1.165, 1.54) is 4.90 Å². The lowest BCUT2D eigenvalue weighted by Gasteiger charge is -2.13. The lowest BCUT2D eigenvalue weighted by atomic mass is 10.2. The Labute approximate surface area is 92.9 Å². The molecule has 2 aromatic rings. The second kappa shape index (κ2) is 3.58. The van der Waals surface area contributed by atoms with Crippen molar-refractivity contribution in [1.29, 1.82) is 0 Å². The van der Waals surface area contributed by atoms with Gasteiger partial charge in [-0.1, -0.05) is 12.6 Å². The lowest BCUT2D eigenvalue weighted by molar-refractivity contribution is 0.266. The summed E-state index contributed by atoms with van der Waals surface area (Å²) in [6, 6.07) is 5.67. The number of hydrogen-bond acceptors (Lipinski definition) is 2. The summed E-state index contributed by atoms with van der Waals surface area (Å²) in [6.45, 7) is 0. The van der Waals surface area contributed by atoms with E-state index in [1.54, 1.807) is 13.4 Å². The maximum atomic E-state index is 11.0. The van der Waals surface area contributed by atoms with Crippen LogP contribution in [0.15, 0.2) is 24.5 Å². The maximum Gasteiger partial charge on any atom is 0.282 e. The van der Waals surface area contributed by atoms with Crippen molar-refractivity contribution in [1.82, 2.24) is 9.55 Å². The number of rotatable bonds is 1. The van der Waals surface area contributed by atoms with Crippen LogP contribution in [0.25, 0.3) is 11.0 Å². The van der Waals surface area contributed by atoms with Gasteiger partial charge in [0.2, 0.25) is 0 Å². The van der Waals surface area contributed by atoms with Gasteiger partial charge in [0.05, 0.1) is 17.4 Å². The molecule has 1 aromatic heterocycles. The maximum absolute atomic E-state index is 11.0. The fourth-order valence-electron chi connectivity index (χ4n) is 1.44. The highest BCUT2D eigenvalue weighted by Gasteiger charge is 2.08. The molecule has 0 aliphatic heterocycles. The minimum absolute atomic E-state index is 0.287. The van der Waals surface area contributed by atoms with Gasteiger partial charge in [-0.2, -0.15) is 0 Å². The molecule has 0 aliphatic rings. The minimum atomic E-state index is -0.287. The number of fused-ring (bicyclic) bond motifs is 1. The van der Waals surface area contributed by atoms with Crippen LogP contribution in [0.5, 0.6) is 0 Å². The number of thiol groups is 1. The largest absolute Gasteiger partial charge is 0.334 e. The second-order valence-electron chi connectivity index (χ2n) is 3.37. The molecule has 0 bridgehead atoms. The molecule has 4 nitrogen and oxygen atoms in total. The number of carbonyl (C=O) groups is 1. The van der Waals surface area contributed by atoms with Crippen LogP contribution in [0.3, 0.4) is 0 Å². The number of anilines is 1. The number of aromatic nitrogens is 2. The SMILES string of the molecule is CN(C(=O)S)c1ccc2c(c1)ncn2C. The molecule has 15 heavy (non-hydrogen) atoms. The number of benzene rings is 1. The van der Waals surface area contributed by atoms with Crippen LogP contribution < -0.4 is 4.90 Å². The fourth-order valence-corrected chi connectivity index (χ4v) is 1.56. The minimum Gasteiger partial charge on any atom is -0.334 e. The molecule has 0 radical (unpaired) electrons. The average molecular weight is 221 g/mol. The number of imidazole rings is 1. The Hall–Kier alpha value is -1.49. The van der Waals surface area contributed by atoms with Crippen molar-refractivity contribution in [2.45, 2.75) is 0 Å². The Morgan fingerprint density at radius 1 is 1.53 bits per heavy atom. The molecule has 78 valence electrons. The summed E-state index contributed by atoms with van der Waals surface area (Å²) in [7, 11) is 3.61. The Kier molecular flexibility index (Phi) is 2.40. The first-order valence-corrected chi connectivity index (χ1v) is 4.92. The molecule has 2 rings (SSSR count). The number of aryl methyl sites for hydroxylation is 1. The molecule has 0 atom stereocenters. The molecule has 1 heterocycles. The number of nitrogens with zero attached hydrogens (tertiary/aromatic N) is 3. The van der Waals surface area contributed by atoms with Gasteiger partial charge >= 0.3 is 0 Å². The predicted octanol–water partition coefficient (Wildman–Crippen LogP) is 2.06. The predicted molar refractivity (Wildman–Crippen MR) is 63.5 cm³/mol. The monoisotopic (exact) mass is 221 g/mol. The molecular formula is C10H11N3OS. The third kappa shape index (κ3) is 1.70. The normalized spacial score (nSPS) is 10.6. The van der Waals surface area contributed by atoms with E-state index in [-0.39, 0.29) is 5.24 Å². The van der Waals surface area contributed by atoms with Crippen LogP contribution in [0.2, 0.25) is 0 Å². The van der Waals surface area contributed by atoms with Crippen molar-refractivity contribution >= 4 is 34.6 Å². The standard InChI is InChI=1S/C10H11N3OS/c1-12-6-11-8-5-7(3-4-9(8)12)13(2)10(14)15/h3-6H,1-2H3,(H,14,15). The van der Waals surface area contributed by atoms with Gasteiger partial charge in [-0.15, -0.1) is 0 Å². The van der Waals surface area contributed by atoms with Gasteiger partial charge in [0, 0.05) is 19.8 Å². The quantitative estimate of drug-likeness (QED) is 0.748. The average Bonchev–Trinajstić information content (AvgIpc) is 2.59. The molecule has 0 unspecified atom stereocenters. The zero-order valence-electron chi connectivity index (χ0n) is 8.51. The topological polar surface area (TPSA) is 38.1 Å². The first-order valence-electron chi connectivity index (χ1n) is 4.47. The van der Waals surface area contributed by atoms with Crippen LogP contribution in [0.4, 0.5) is 10.5 Å². The van der Waals surface area contributed by atoms with Crippen LogP contribution in [0, 0.1) is 0 Å². The zero-order chi connectivity index (χ0) is 11.0. The molecular weight excluding hydrogens is 210 g/mol. The molecule has 0 spiro atoms. The molecule has 1 aromatic carbocycles. The summed E-state index contributed by atoms with van der Waals surface area (Å²) in [6.07, 6.45) is 1.75. The van der Waals surface area contributed by atoms with E-state index in [4.69, 9.17) is 0 Å². The third-order valence-corrected chi connectivity index (χ3v) is 2.68. The summed E-state index contributed by atoms with van der Waals surface area (Å²) in [5, 5.41) is -0.287. The number of amides is 1. The van der Waals surface area contributed by atoms with Crippen molar-refractivity contribution in [3.63, 3.8) is 0 Å². The van der Waals surface area contributed by atoms with Crippen molar-refractivity contribution in [2.24, 2.45) is 7.05 Å². The zero-order valence-corrected chi connectivity index (χ0v) is 9.40. The summed E-state index contributed by atoms with van der Waals surface area (Å²) < 4.78 is 1.93. The van der Waals surface area contributed by atoms with E-state index < -0.39 is 0 Å². The summed E-state index contributed by atoms with van der Waals surface area (Å²) in [5.41, 5.74) is 2.70. The fraction of sp³-hybridized carbons (Fsp3) is 0.200. The van der Waals surface area contributed by atoms with E-state index in [1.807, 2.05) is 29.8 Å². The first-order chi connectivity index (χ1) is 7.09. The number of hydrogen-bond donors (Lipinski definition) is 1. The highest BCUT2D eigenvalue weighted by atomic mass is 32.1. The molecule has 5 heteroatoms. The lowest BCUT2D eigenvalue weighted by Crippen LogP contribution is -2.19. The van der Waals surface area contributed by atoms with Gasteiger partial charge < -0.3 is 9.47 Å². The highest BCUT2D eigenvalue weighted by Crippen LogP contribution is 2.20. The van der Waals surface area contributed by atoms with Gasteiger partial charge in [-0.3, -0.25) is 4.79 Å². The van der Waals surface area contributed by atoms with Crippen LogP contribution in [-0.4, -0.2) is 21.8 Å². The van der Waals surface area contributed by atoms with Gasteiger partial charge in [-0.25, -0.2) is 4.98 Å². The van der Waals surface area contributed by atoms with E-state index in [0.29, 0.717) is 0 Å². The molecule has 0 saturated carbocycles. The second-order valence-corrected chi connectivity index (χ2v) is 3.75. The Balaban J connectivity index is 2.52. The van der Waals surface area contributed by atoms with Crippen molar-refractivity contribution in [3.05, 3.63) is 24.5 Å². The van der Waals surface area contributed by atoms with Crippen LogP contribution in [-0.2, 0) is 7.05 Å². The Bertz CT molecular complexity index is 520. The van der Waals surface area contributed by atoms with Gasteiger partial charge in [0.1, 0.15) is 0 Å². The smallest absolute Gasteiger partial charge is 0.282 e. The summed E-state index contributed by atoms with van der Waals surface area (Å²) >= 11 is 3.77. The van der Waals surface area contributed by atoms with Crippen molar-refractivity contribution in [2.75, 3.05) is 11.9 Å². The Morgan fingerprint density at radius 3 is 2.93 bits per heavy atom. The Morgan fingerprint density at radius 2 is 2.27 bits per heavy atom. The molecule has 0 aliphatic carbocycles. The van der Waals surface area contributed by atoms with Crippen LogP contribution >= 0.6 is 12.6 Å². The summed E-state index contributed by atoms with van der Waals surface area (Å²) in [5.74, 6) is 0. The third-order valence-electron chi connectivity index (χ3n) is 2.38.